The summed E-state index contributed by atoms with van der Waals surface area (Å²) < 4.78 is 7.61. The van der Waals surface area contributed by atoms with Crippen LogP contribution in [0.15, 0.2) is 24.3 Å². The number of aryl methyl sites for hydroxylation is 1. The van der Waals surface area contributed by atoms with Gasteiger partial charge in [-0.3, -0.25) is 9.48 Å². The number of aromatic nitrogens is 2. The lowest BCUT2D eigenvalue weighted by Gasteiger charge is -2.11. The van der Waals surface area contributed by atoms with E-state index in [-0.39, 0.29) is 5.91 Å². The molecular weight excluding hydrogens is 314 g/mol. The second-order valence-corrected chi connectivity index (χ2v) is 6.72. The first-order chi connectivity index (χ1) is 11.9. The van der Waals surface area contributed by atoms with E-state index in [0.29, 0.717) is 25.5 Å². The normalized spacial score (nSPS) is 11.0. The van der Waals surface area contributed by atoms with Crippen LogP contribution < -0.4 is 10.1 Å². The number of hydrogen-bond donors (Lipinski definition) is 1. The van der Waals surface area contributed by atoms with Gasteiger partial charge in [0.1, 0.15) is 5.75 Å². The molecular formula is C20H29N3O2. The van der Waals surface area contributed by atoms with Crippen LogP contribution in [0.2, 0.25) is 0 Å². The maximum atomic E-state index is 12.4. The molecule has 2 rings (SSSR count). The van der Waals surface area contributed by atoms with E-state index in [1.165, 1.54) is 0 Å². The highest BCUT2D eigenvalue weighted by Crippen LogP contribution is 2.18. The topological polar surface area (TPSA) is 56.1 Å². The van der Waals surface area contributed by atoms with Crippen molar-refractivity contribution in [2.45, 2.75) is 54.1 Å². The SMILES string of the molecule is CCOc1ccccc1CNC(=O)Cc1c(C)nn(CC(C)C)c1C. The molecule has 0 aliphatic rings. The minimum atomic E-state index is 0.00148. The second kappa shape index (κ2) is 8.70. The minimum absolute atomic E-state index is 0.00148. The van der Waals surface area contributed by atoms with Gasteiger partial charge in [0.25, 0.3) is 0 Å². The van der Waals surface area contributed by atoms with Gasteiger partial charge in [0.2, 0.25) is 5.91 Å². The van der Waals surface area contributed by atoms with Gasteiger partial charge >= 0.3 is 0 Å². The van der Waals surface area contributed by atoms with Crippen molar-refractivity contribution in [1.82, 2.24) is 15.1 Å². The molecule has 5 heteroatoms. The van der Waals surface area contributed by atoms with Gasteiger partial charge in [-0.2, -0.15) is 5.10 Å². The number of carbonyl (C=O) groups is 1. The zero-order valence-corrected chi connectivity index (χ0v) is 15.9. The summed E-state index contributed by atoms with van der Waals surface area (Å²) in [6.07, 6.45) is 0.354. The molecule has 1 heterocycles. The highest BCUT2D eigenvalue weighted by atomic mass is 16.5. The van der Waals surface area contributed by atoms with Gasteiger partial charge in [-0.15, -0.1) is 0 Å². The van der Waals surface area contributed by atoms with Gasteiger partial charge < -0.3 is 10.1 Å². The maximum absolute atomic E-state index is 12.4. The number of amides is 1. The van der Waals surface area contributed by atoms with Crippen LogP contribution in [-0.2, 0) is 24.3 Å². The summed E-state index contributed by atoms with van der Waals surface area (Å²) >= 11 is 0. The van der Waals surface area contributed by atoms with Gasteiger partial charge in [0.05, 0.1) is 18.7 Å². The number of ether oxygens (including phenoxy) is 1. The number of nitrogens with one attached hydrogen (secondary N) is 1. The lowest BCUT2D eigenvalue weighted by atomic mass is 10.1. The van der Waals surface area contributed by atoms with Crippen LogP contribution in [0.5, 0.6) is 5.75 Å². The Labute approximate surface area is 150 Å². The van der Waals surface area contributed by atoms with Crippen LogP contribution >= 0.6 is 0 Å². The van der Waals surface area contributed by atoms with Crippen LogP contribution in [0.4, 0.5) is 0 Å². The molecule has 0 bridgehead atoms. The van der Waals surface area contributed by atoms with Gasteiger partial charge in [-0.1, -0.05) is 32.0 Å². The number of benzene rings is 1. The molecule has 0 unspecified atom stereocenters. The van der Waals surface area contributed by atoms with Crippen molar-refractivity contribution in [2.24, 2.45) is 5.92 Å². The zero-order valence-electron chi connectivity index (χ0n) is 15.9. The number of rotatable bonds is 8. The molecule has 0 aliphatic heterocycles. The Morgan fingerprint density at radius 3 is 2.68 bits per heavy atom. The van der Waals surface area contributed by atoms with Crippen LogP contribution in [0.25, 0.3) is 0 Å². The second-order valence-electron chi connectivity index (χ2n) is 6.72. The number of para-hydroxylation sites is 1. The van der Waals surface area contributed by atoms with E-state index in [4.69, 9.17) is 4.74 Å². The van der Waals surface area contributed by atoms with E-state index in [2.05, 4.69) is 24.3 Å². The Morgan fingerprint density at radius 1 is 1.28 bits per heavy atom. The van der Waals surface area contributed by atoms with Crippen molar-refractivity contribution in [1.29, 1.82) is 0 Å². The van der Waals surface area contributed by atoms with Crippen molar-refractivity contribution in [3.05, 3.63) is 46.8 Å². The molecule has 1 aromatic heterocycles. The van der Waals surface area contributed by atoms with E-state index in [1.807, 2.05) is 49.7 Å². The van der Waals surface area contributed by atoms with Gasteiger partial charge in [-0.25, -0.2) is 0 Å². The summed E-state index contributed by atoms with van der Waals surface area (Å²) in [5.74, 6) is 1.35. The highest BCUT2D eigenvalue weighted by molar-refractivity contribution is 5.79. The van der Waals surface area contributed by atoms with Crippen molar-refractivity contribution >= 4 is 5.91 Å². The zero-order chi connectivity index (χ0) is 18.4. The third-order valence-corrected chi connectivity index (χ3v) is 4.16. The summed E-state index contributed by atoms with van der Waals surface area (Å²) in [7, 11) is 0. The first-order valence-electron chi connectivity index (χ1n) is 8.92. The smallest absolute Gasteiger partial charge is 0.224 e. The van der Waals surface area contributed by atoms with Gasteiger partial charge in [0.15, 0.2) is 0 Å². The summed E-state index contributed by atoms with van der Waals surface area (Å²) in [4.78, 5) is 12.4. The monoisotopic (exact) mass is 343 g/mol. The first-order valence-corrected chi connectivity index (χ1v) is 8.92. The molecule has 0 aliphatic carbocycles. The highest BCUT2D eigenvalue weighted by Gasteiger charge is 2.15. The fraction of sp³-hybridized carbons (Fsp3) is 0.500. The summed E-state index contributed by atoms with van der Waals surface area (Å²) in [5.41, 5.74) is 4.02. The molecule has 136 valence electrons. The van der Waals surface area contributed by atoms with Crippen LogP contribution in [0.1, 0.15) is 43.3 Å². The van der Waals surface area contributed by atoms with E-state index in [0.717, 1.165) is 34.8 Å². The predicted molar refractivity (Wildman–Crippen MR) is 99.7 cm³/mol. The Balaban J connectivity index is 2.00. The van der Waals surface area contributed by atoms with Crippen LogP contribution in [-0.4, -0.2) is 22.3 Å². The lowest BCUT2D eigenvalue weighted by Crippen LogP contribution is -2.25. The molecule has 1 amide bonds. The molecule has 0 fully saturated rings. The fourth-order valence-electron chi connectivity index (χ4n) is 2.88. The van der Waals surface area contributed by atoms with E-state index >= 15 is 0 Å². The molecule has 0 saturated heterocycles. The quantitative estimate of drug-likeness (QED) is 0.799. The fourth-order valence-corrected chi connectivity index (χ4v) is 2.88. The predicted octanol–water partition coefficient (Wildman–Crippen LogP) is 3.41. The largest absolute Gasteiger partial charge is 0.494 e. The number of hydrogen-bond acceptors (Lipinski definition) is 3. The van der Waals surface area contributed by atoms with E-state index < -0.39 is 0 Å². The maximum Gasteiger partial charge on any atom is 0.224 e. The molecule has 0 atom stereocenters. The molecule has 5 nitrogen and oxygen atoms in total. The first kappa shape index (κ1) is 19.0. The van der Waals surface area contributed by atoms with Crippen molar-refractivity contribution in [2.75, 3.05) is 6.61 Å². The Hall–Kier alpha value is -2.30. The van der Waals surface area contributed by atoms with E-state index in [9.17, 15) is 4.79 Å². The van der Waals surface area contributed by atoms with Crippen LogP contribution in [0, 0.1) is 19.8 Å². The van der Waals surface area contributed by atoms with E-state index in [1.54, 1.807) is 0 Å². The molecule has 0 saturated carbocycles. The lowest BCUT2D eigenvalue weighted by molar-refractivity contribution is -0.120. The van der Waals surface area contributed by atoms with Crippen molar-refractivity contribution in [3.63, 3.8) is 0 Å². The Morgan fingerprint density at radius 2 is 2.00 bits per heavy atom. The average molecular weight is 343 g/mol. The molecule has 25 heavy (non-hydrogen) atoms. The Kier molecular flexibility index (Phi) is 6.62. The molecule has 1 N–H and O–H groups in total. The number of nitrogens with zero attached hydrogens (tertiary/aromatic N) is 2. The number of carbonyl (C=O) groups excluding carboxylic acids is 1. The molecule has 0 spiro atoms. The molecule has 0 radical (unpaired) electrons. The average Bonchev–Trinajstić information content (AvgIpc) is 2.81. The molecule has 1 aromatic carbocycles. The third-order valence-electron chi connectivity index (χ3n) is 4.16. The standard InChI is InChI=1S/C20H29N3O2/c1-6-25-19-10-8-7-9-17(19)12-21-20(24)11-18-15(4)22-23(16(18)5)13-14(2)3/h7-10,14H,6,11-13H2,1-5H3,(H,21,24). The summed E-state index contributed by atoms with van der Waals surface area (Å²) in [5, 5.41) is 7.57. The summed E-state index contributed by atoms with van der Waals surface area (Å²) in [6, 6.07) is 7.79. The minimum Gasteiger partial charge on any atom is -0.494 e. The third kappa shape index (κ3) is 5.08. The Bertz CT molecular complexity index is 720. The van der Waals surface area contributed by atoms with Gasteiger partial charge in [-0.05, 0) is 32.8 Å². The van der Waals surface area contributed by atoms with Gasteiger partial charge in [0, 0.05) is 29.9 Å². The molecule has 2 aromatic rings. The summed E-state index contributed by atoms with van der Waals surface area (Å²) in [6.45, 7) is 12.2. The van der Waals surface area contributed by atoms with Crippen molar-refractivity contribution in [3.8, 4) is 5.75 Å². The van der Waals surface area contributed by atoms with Crippen LogP contribution in [0.3, 0.4) is 0 Å². The van der Waals surface area contributed by atoms with Crippen molar-refractivity contribution < 1.29 is 9.53 Å².